The van der Waals surface area contributed by atoms with E-state index in [0.29, 0.717) is 16.9 Å². The van der Waals surface area contributed by atoms with Gasteiger partial charge >= 0.3 is 5.97 Å². The number of benzene rings is 2. The standard InChI is InChI=1S/C21H16N2O3S/c1-11-16(21(24)25-2)18-19(27-11)17(15(10-22)20(23)26-18)14-9-5-7-12-6-3-4-8-13(12)14/h3-9,17H,23H2,1-2H3/t17-/m0/s1. The summed E-state index contributed by atoms with van der Waals surface area (Å²) in [7, 11) is 1.33. The fourth-order valence-corrected chi connectivity index (χ4v) is 4.74. The lowest BCUT2D eigenvalue weighted by Gasteiger charge is -2.25. The van der Waals surface area contributed by atoms with Crippen LogP contribution >= 0.6 is 11.3 Å². The summed E-state index contributed by atoms with van der Waals surface area (Å²) in [5.41, 5.74) is 7.74. The number of carbonyl (C=O) groups is 1. The van der Waals surface area contributed by atoms with Crippen LogP contribution in [0.2, 0.25) is 0 Å². The molecule has 1 atom stereocenters. The van der Waals surface area contributed by atoms with Crippen molar-refractivity contribution in [3.8, 4) is 11.8 Å². The van der Waals surface area contributed by atoms with Crippen molar-refractivity contribution in [1.82, 2.24) is 0 Å². The number of aryl methyl sites for hydroxylation is 1. The van der Waals surface area contributed by atoms with Gasteiger partial charge < -0.3 is 15.2 Å². The van der Waals surface area contributed by atoms with Crippen molar-refractivity contribution in [2.45, 2.75) is 12.8 Å². The molecule has 3 aromatic rings. The summed E-state index contributed by atoms with van der Waals surface area (Å²) in [6, 6.07) is 16.2. The summed E-state index contributed by atoms with van der Waals surface area (Å²) in [5.74, 6) is -0.466. The minimum absolute atomic E-state index is 0.0193. The molecule has 2 heterocycles. The van der Waals surface area contributed by atoms with Gasteiger partial charge in [0.2, 0.25) is 5.88 Å². The Morgan fingerprint density at radius 3 is 2.74 bits per heavy atom. The van der Waals surface area contributed by atoms with E-state index in [1.54, 1.807) is 0 Å². The van der Waals surface area contributed by atoms with E-state index in [-0.39, 0.29) is 5.88 Å². The fourth-order valence-electron chi connectivity index (χ4n) is 3.53. The van der Waals surface area contributed by atoms with E-state index in [2.05, 4.69) is 6.07 Å². The molecule has 0 unspecified atom stereocenters. The van der Waals surface area contributed by atoms with Crippen molar-refractivity contribution in [2.24, 2.45) is 5.73 Å². The molecule has 0 aliphatic carbocycles. The zero-order valence-corrected chi connectivity index (χ0v) is 15.6. The van der Waals surface area contributed by atoms with Crippen LogP contribution in [0.5, 0.6) is 5.75 Å². The van der Waals surface area contributed by atoms with Crippen LogP contribution < -0.4 is 10.5 Å². The zero-order chi connectivity index (χ0) is 19.1. The molecule has 2 aromatic carbocycles. The van der Waals surface area contributed by atoms with Crippen LogP contribution in [-0.4, -0.2) is 13.1 Å². The van der Waals surface area contributed by atoms with E-state index in [1.165, 1.54) is 18.4 Å². The lowest BCUT2D eigenvalue weighted by atomic mass is 9.85. The second-order valence-electron chi connectivity index (χ2n) is 6.21. The Kier molecular flexibility index (Phi) is 4.09. The van der Waals surface area contributed by atoms with Crippen molar-refractivity contribution in [3.05, 3.63) is 74.8 Å². The first-order valence-electron chi connectivity index (χ1n) is 8.33. The molecule has 5 nitrogen and oxygen atoms in total. The number of nitrogens with zero attached hydrogens (tertiary/aromatic N) is 1. The molecule has 4 rings (SSSR count). The number of rotatable bonds is 2. The summed E-state index contributed by atoms with van der Waals surface area (Å²) in [6.45, 7) is 1.83. The summed E-state index contributed by atoms with van der Waals surface area (Å²) >= 11 is 1.43. The first-order chi connectivity index (χ1) is 13.1. The molecule has 134 valence electrons. The van der Waals surface area contributed by atoms with Gasteiger partial charge in [-0.1, -0.05) is 42.5 Å². The Morgan fingerprint density at radius 2 is 2.00 bits per heavy atom. The van der Waals surface area contributed by atoms with Crippen LogP contribution in [0.4, 0.5) is 0 Å². The topological polar surface area (TPSA) is 85.3 Å². The number of hydrogen-bond acceptors (Lipinski definition) is 6. The fraction of sp³-hybridized carbons (Fsp3) is 0.143. The summed E-state index contributed by atoms with van der Waals surface area (Å²) in [5, 5.41) is 11.9. The summed E-state index contributed by atoms with van der Waals surface area (Å²) < 4.78 is 10.6. The molecular weight excluding hydrogens is 360 g/mol. The summed E-state index contributed by atoms with van der Waals surface area (Å²) in [6.07, 6.45) is 0. The molecule has 2 N–H and O–H groups in total. The quantitative estimate of drug-likeness (QED) is 0.677. The number of esters is 1. The number of hydrogen-bond donors (Lipinski definition) is 1. The average molecular weight is 376 g/mol. The predicted molar refractivity (Wildman–Crippen MR) is 104 cm³/mol. The van der Waals surface area contributed by atoms with Crippen LogP contribution in [0.15, 0.2) is 53.9 Å². The van der Waals surface area contributed by atoms with Crippen LogP contribution in [0.25, 0.3) is 10.8 Å². The molecule has 1 aliphatic rings. The third-order valence-electron chi connectivity index (χ3n) is 4.74. The minimum Gasteiger partial charge on any atom is -0.465 e. The van der Waals surface area contributed by atoms with Gasteiger partial charge in [0.1, 0.15) is 17.2 Å². The molecule has 0 spiro atoms. The van der Waals surface area contributed by atoms with Gasteiger partial charge in [0.25, 0.3) is 0 Å². The Labute approximate surface area is 160 Å². The average Bonchev–Trinajstić information content (AvgIpc) is 3.01. The number of carbonyl (C=O) groups excluding carboxylic acids is 1. The maximum absolute atomic E-state index is 12.3. The summed E-state index contributed by atoms with van der Waals surface area (Å²) in [4.78, 5) is 13.8. The molecule has 0 saturated heterocycles. The van der Waals surface area contributed by atoms with Gasteiger partial charge in [-0.25, -0.2) is 4.79 Å². The molecule has 0 fully saturated rings. The van der Waals surface area contributed by atoms with Crippen LogP contribution in [0, 0.1) is 18.3 Å². The van der Waals surface area contributed by atoms with Crippen LogP contribution in [0.1, 0.15) is 31.6 Å². The molecule has 1 aliphatic heterocycles. The highest BCUT2D eigenvalue weighted by Crippen LogP contribution is 2.50. The highest BCUT2D eigenvalue weighted by molar-refractivity contribution is 7.12. The molecule has 0 amide bonds. The lowest BCUT2D eigenvalue weighted by Crippen LogP contribution is -2.21. The number of nitriles is 1. The van der Waals surface area contributed by atoms with Gasteiger partial charge in [-0.2, -0.15) is 5.26 Å². The van der Waals surface area contributed by atoms with E-state index in [0.717, 1.165) is 26.1 Å². The Morgan fingerprint density at radius 1 is 1.26 bits per heavy atom. The zero-order valence-electron chi connectivity index (χ0n) is 14.8. The normalized spacial score (nSPS) is 15.8. The SMILES string of the molecule is COC(=O)c1c(C)sc2c1OC(N)=C(C#N)[C@@H]2c1cccc2ccccc12. The number of nitrogens with two attached hydrogens (primary N) is 1. The Balaban J connectivity index is 2.03. The first-order valence-corrected chi connectivity index (χ1v) is 9.15. The monoisotopic (exact) mass is 376 g/mol. The number of allylic oxidation sites excluding steroid dienone is 1. The van der Waals surface area contributed by atoms with Gasteiger partial charge in [-0.15, -0.1) is 11.3 Å². The van der Waals surface area contributed by atoms with E-state index in [4.69, 9.17) is 15.2 Å². The van der Waals surface area contributed by atoms with Gasteiger partial charge in [0, 0.05) is 4.88 Å². The molecule has 1 aromatic heterocycles. The molecule has 0 bridgehead atoms. The molecular formula is C21H16N2O3S. The minimum atomic E-state index is -0.477. The Bertz CT molecular complexity index is 1150. The predicted octanol–water partition coefficient (Wildman–Crippen LogP) is 4.21. The van der Waals surface area contributed by atoms with Gasteiger partial charge in [0.15, 0.2) is 5.75 Å². The van der Waals surface area contributed by atoms with Crippen LogP contribution in [-0.2, 0) is 4.74 Å². The van der Waals surface area contributed by atoms with E-state index < -0.39 is 11.9 Å². The second-order valence-corrected chi connectivity index (χ2v) is 7.47. The van der Waals surface area contributed by atoms with Crippen molar-refractivity contribution >= 4 is 28.1 Å². The van der Waals surface area contributed by atoms with E-state index >= 15 is 0 Å². The van der Waals surface area contributed by atoms with Crippen molar-refractivity contribution in [2.75, 3.05) is 7.11 Å². The smallest absolute Gasteiger partial charge is 0.342 e. The molecule has 0 saturated carbocycles. The maximum atomic E-state index is 12.3. The maximum Gasteiger partial charge on any atom is 0.342 e. The number of ether oxygens (including phenoxy) is 2. The van der Waals surface area contributed by atoms with Crippen molar-refractivity contribution < 1.29 is 14.3 Å². The molecule has 6 heteroatoms. The highest BCUT2D eigenvalue weighted by atomic mass is 32.1. The highest BCUT2D eigenvalue weighted by Gasteiger charge is 2.37. The Hall–Kier alpha value is -3.30. The molecule has 0 radical (unpaired) electrons. The second kappa shape index (κ2) is 6.45. The third kappa shape index (κ3) is 2.56. The lowest BCUT2D eigenvalue weighted by molar-refractivity contribution is 0.0597. The van der Waals surface area contributed by atoms with Gasteiger partial charge in [0.05, 0.1) is 17.9 Å². The number of thiophene rings is 1. The number of fused-ring (bicyclic) bond motifs is 2. The first kappa shape index (κ1) is 17.1. The van der Waals surface area contributed by atoms with Gasteiger partial charge in [-0.3, -0.25) is 0 Å². The number of methoxy groups -OCH3 is 1. The third-order valence-corrected chi connectivity index (χ3v) is 5.89. The van der Waals surface area contributed by atoms with Gasteiger partial charge in [-0.05, 0) is 23.3 Å². The van der Waals surface area contributed by atoms with Crippen molar-refractivity contribution in [3.63, 3.8) is 0 Å². The van der Waals surface area contributed by atoms with E-state index in [9.17, 15) is 10.1 Å². The van der Waals surface area contributed by atoms with Crippen molar-refractivity contribution in [1.29, 1.82) is 5.26 Å². The largest absolute Gasteiger partial charge is 0.465 e. The van der Waals surface area contributed by atoms with Crippen LogP contribution in [0.3, 0.4) is 0 Å². The van der Waals surface area contributed by atoms with E-state index in [1.807, 2.05) is 49.4 Å². The molecule has 27 heavy (non-hydrogen) atoms.